The highest BCUT2D eigenvalue weighted by atomic mass is 19.2. The number of benzene rings is 1. The molecule has 24 heavy (non-hydrogen) atoms. The second-order valence-corrected chi connectivity index (χ2v) is 7.09. The lowest BCUT2D eigenvalue weighted by atomic mass is 9.71. The van der Waals surface area contributed by atoms with Gasteiger partial charge in [-0.2, -0.15) is 0 Å². The molecule has 1 aromatic carbocycles. The SMILES string of the molecule is O=CC[C@]1(c2ccc(F)c(F)c2)CCC(=O)N(C2CCCCC2)C1. The zero-order valence-electron chi connectivity index (χ0n) is 13.8. The van der Waals surface area contributed by atoms with Crippen molar-refractivity contribution in [1.29, 1.82) is 0 Å². The summed E-state index contributed by atoms with van der Waals surface area (Å²) < 4.78 is 27.0. The molecule has 5 heteroatoms. The summed E-state index contributed by atoms with van der Waals surface area (Å²) in [5.41, 5.74) is 0.00331. The molecule has 0 N–H and O–H groups in total. The van der Waals surface area contributed by atoms with Crippen molar-refractivity contribution < 1.29 is 18.4 Å². The topological polar surface area (TPSA) is 37.4 Å². The van der Waals surface area contributed by atoms with E-state index in [2.05, 4.69) is 0 Å². The fourth-order valence-electron chi connectivity index (χ4n) is 4.21. The summed E-state index contributed by atoms with van der Waals surface area (Å²) in [6.45, 7) is 0.417. The molecule has 1 aliphatic carbocycles. The van der Waals surface area contributed by atoms with Crippen molar-refractivity contribution in [2.45, 2.75) is 62.8 Å². The van der Waals surface area contributed by atoms with Crippen molar-refractivity contribution in [3.63, 3.8) is 0 Å². The highest BCUT2D eigenvalue weighted by molar-refractivity contribution is 5.78. The van der Waals surface area contributed by atoms with Crippen LogP contribution in [-0.2, 0) is 15.0 Å². The van der Waals surface area contributed by atoms with Crippen LogP contribution in [0.15, 0.2) is 18.2 Å². The summed E-state index contributed by atoms with van der Waals surface area (Å²) in [4.78, 5) is 25.6. The molecule has 2 fully saturated rings. The van der Waals surface area contributed by atoms with Gasteiger partial charge >= 0.3 is 0 Å². The van der Waals surface area contributed by atoms with Gasteiger partial charge in [0.1, 0.15) is 6.29 Å². The van der Waals surface area contributed by atoms with Crippen LogP contribution in [0.25, 0.3) is 0 Å². The monoisotopic (exact) mass is 335 g/mol. The van der Waals surface area contributed by atoms with Crippen molar-refractivity contribution in [3.8, 4) is 0 Å². The van der Waals surface area contributed by atoms with E-state index in [1.807, 2.05) is 4.90 Å². The second-order valence-electron chi connectivity index (χ2n) is 7.09. The van der Waals surface area contributed by atoms with Crippen LogP contribution in [0.4, 0.5) is 8.78 Å². The second kappa shape index (κ2) is 6.99. The third-order valence-electron chi connectivity index (χ3n) is 5.63. The van der Waals surface area contributed by atoms with Gasteiger partial charge in [0.05, 0.1) is 0 Å². The Morgan fingerprint density at radius 1 is 1.17 bits per heavy atom. The molecule has 0 spiro atoms. The molecule has 1 aliphatic heterocycles. The molecule has 0 unspecified atom stereocenters. The van der Waals surface area contributed by atoms with Gasteiger partial charge < -0.3 is 9.69 Å². The van der Waals surface area contributed by atoms with Gasteiger partial charge in [0.25, 0.3) is 0 Å². The Morgan fingerprint density at radius 3 is 2.58 bits per heavy atom. The van der Waals surface area contributed by atoms with Gasteiger partial charge in [-0.05, 0) is 37.0 Å². The Balaban J connectivity index is 1.92. The highest BCUT2D eigenvalue weighted by Gasteiger charge is 2.42. The van der Waals surface area contributed by atoms with Crippen LogP contribution >= 0.6 is 0 Å². The molecular formula is C19H23F2NO2. The minimum Gasteiger partial charge on any atom is -0.339 e. The van der Waals surface area contributed by atoms with Crippen LogP contribution in [-0.4, -0.2) is 29.7 Å². The lowest BCUT2D eigenvalue weighted by Gasteiger charge is -2.46. The van der Waals surface area contributed by atoms with Gasteiger partial charge in [-0.1, -0.05) is 25.3 Å². The summed E-state index contributed by atoms with van der Waals surface area (Å²) in [7, 11) is 0. The number of amides is 1. The number of carbonyl (C=O) groups excluding carboxylic acids is 2. The van der Waals surface area contributed by atoms with E-state index < -0.39 is 17.0 Å². The Morgan fingerprint density at radius 2 is 1.92 bits per heavy atom. The number of piperidine rings is 1. The molecule has 3 nitrogen and oxygen atoms in total. The van der Waals surface area contributed by atoms with Crippen molar-refractivity contribution >= 4 is 12.2 Å². The standard InChI is InChI=1S/C19H23F2NO2/c20-16-7-6-14(12-17(16)21)19(10-11-23)9-8-18(24)22(13-19)15-4-2-1-3-5-15/h6-7,11-12,15H,1-5,8-10,13H2/t19-/m1/s1. The molecule has 1 heterocycles. The Hall–Kier alpha value is -1.78. The number of aldehydes is 1. The Kier molecular flexibility index (Phi) is 4.97. The predicted octanol–water partition coefficient (Wildman–Crippen LogP) is 3.75. The van der Waals surface area contributed by atoms with Crippen LogP contribution in [0, 0.1) is 11.6 Å². The average Bonchev–Trinajstić information content (AvgIpc) is 2.60. The molecule has 1 saturated heterocycles. The molecule has 1 amide bonds. The van der Waals surface area contributed by atoms with Crippen LogP contribution < -0.4 is 0 Å². The number of halogens is 2. The molecule has 2 aliphatic rings. The zero-order chi connectivity index (χ0) is 17.2. The molecule has 0 bridgehead atoms. The Bertz CT molecular complexity index is 628. The number of rotatable bonds is 4. The first-order valence-corrected chi connectivity index (χ1v) is 8.74. The van der Waals surface area contributed by atoms with E-state index in [4.69, 9.17) is 0 Å². The maximum Gasteiger partial charge on any atom is 0.222 e. The molecule has 1 atom stereocenters. The highest BCUT2D eigenvalue weighted by Crippen LogP contribution is 2.39. The van der Waals surface area contributed by atoms with Gasteiger partial charge in [-0.3, -0.25) is 4.79 Å². The van der Waals surface area contributed by atoms with E-state index in [1.165, 1.54) is 12.5 Å². The largest absolute Gasteiger partial charge is 0.339 e. The number of nitrogens with zero attached hydrogens (tertiary/aromatic N) is 1. The molecule has 1 saturated carbocycles. The fraction of sp³-hybridized carbons (Fsp3) is 0.579. The van der Waals surface area contributed by atoms with Crippen LogP contribution in [0.2, 0.25) is 0 Å². The smallest absolute Gasteiger partial charge is 0.222 e. The number of hydrogen-bond acceptors (Lipinski definition) is 2. The minimum atomic E-state index is -0.904. The van der Waals surface area contributed by atoms with Crippen LogP contribution in [0.1, 0.15) is 56.9 Å². The molecule has 0 aromatic heterocycles. The zero-order valence-corrected chi connectivity index (χ0v) is 13.8. The van der Waals surface area contributed by atoms with Crippen molar-refractivity contribution in [2.75, 3.05) is 6.54 Å². The molecule has 1 aromatic rings. The molecular weight excluding hydrogens is 312 g/mol. The van der Waals surface area contributed by atoms with Gasteiger partial charge in [0, 0.05) is 30.8 Å². The summed E-state index contributed by atoms with van der Waals surface area (Å²) in [5, 5.41) is 0. The molecule has 0 radical (unpaired) electrons. The van der Waals surface area contributed by atoms with Crippen molar-refractivity contribution in [1.82, 2.24) is 4.90 Å². The van der Waals surface area contributed by atoms with Gasteiger partial charge in [0.15, 0.2) is 11.6 Å². The first-order valence-electron chi connectivity index (χ1n) is 8.74. The summed E-state index contributed by atoms with van der Waals surface area (Å²) >= 11 is 0. The summed E-state index contributed by atoms with van der Waals surface area (Å²) in [6.07, 6.45) is 7.29. The summed E-state index contributed by atoms with van der Waals surface area (Å²) in [6, 6.07) is 4.06. The number of likely N-dealkylation sites (tertiary alicyclic amines) is 1. The van der Waals surface area contributed by atoms with Crippen LogP contribution in [0.3, 0.4) is 0 Å². The first kappa shape index (κ1) is 17.1. The normalized spacial score (nSPS) is 25.8. The van der Waals surface area contributed by atoms with E-state index in [1.54, 1.807) is 6.07 Å². The predicted molar refractivity (Wildman–Crippen MR) is 86.5 cm³/mol. The molecule has 130 valence electrons. The number of hydrogen-bond donors (Lipinski definition) is 0. The van der Waals surface area contributed by atoms with E-state index >= 15 is 0 Å². The van der Waals surface area contributed by atoms with E-state index in [0.29, 0.717) is 24.9 Å². The number of carbonyl (C=O) groups is 2. The van der Waals surface area contributed by atoms with Gasteiger partial charge in [0.2, 0.25) is 5.91 Å². The van der Waals surface area contributed by atoms with Crippen LogP contribution in [0.5, 0.6) is 0 Å². The molecule has 3 rings (SSSR count). The van der Waals surface area contributed by atoms with E-state index in [0.717, 1.165) is 38.0 Å². The van der Waals surface area contributed by atoms with E-state index in [9.17, 15) is 18.4 Å². The van der Waals surface area contributed by atoms with Gasteiger partial charge in [-0.25, -0.2) is 8.78 Å². The first-order chi connectivity index (χ1) is 11.6. The maximum absolute atomic E-state index is 13.7. The quantitative estimate of drug-likeness (QED) is 0.786. The van der Waals surface area contributed by atoms with Crippen molar-refractivity contribution in [2.24, 2.45) is 0 Å². The summed E-state index contributed by atoms with van der Waals surface area (Å²) in [5.74, 6) is -1.68. The van der Waals surface area contributed by atoms with Crippen molar-refractivity contribution in [3.05, 3.63) is 35.4 Å². The maximum atomic E-state index is 13.7. The minimum absolute atomic E-state index is 0.117. The Labute approximate surface area is 141 Å². The third-order valence-corrected chi connectivity index (χ3v) is 5.63. The lowest BCUT2D eigenvalue weighted by Crippen LogP contribution is -2.53. The average molecular weight is 335 g/mol. The fourth-order valence-corrected chi connectivity index (χ4v) is 4.21. The van der Waals surface area contributed by atoms with Gasteiger partial charge in [-0.15, -0.1) is 0 Å². The van der Waals surface area contributed by atoms with E-state index in [-0.39, 0.29) is 18.4 Å². The lowest BCUT2D eigenvalue weighted by molar-refractivity contribution is -0.139. The third kappa shape index (κ3) is 3.21.